The van der Waals surface area contributed by atoms with Crippen molar-refractivity contribution in [3.05, 3.63) is 54.1 Å². The Balaban J connectivity index is 2.15. The Morgan fingerprint density at radius 1 is 1.15 bits per heavy atom. The highest BCUT2D eigenvalue weighted by atomic mass is 19.1. The van der Waals surface area contributed by atoms with E-state index >= 15 is 0 Å². The molecule has 2 aromatic heterocycles. The molecule has 3 nitrogen and oxygen atoms in total. The average Bonchev–Trinajstić information content (AvgIpc) is 2.78. The van der Waals surface area contributed by atoms with Crippen molar-refractivity contribution in [2.75, 3.05) is 0 Å². The molecule has 4 rings (SSSR count). The van der Waals surface area contributed by atoms with Crippen molar-refractivity contribution in [1.82, 2.24) is 9.38 Å². The molecule has 0 bridgehead atoms. The normalized spacial score (nSPS) is 15.6. The van der Waals surface area contributed by atoms with Gasteiger partial charge in [-0.3, -0.25) is 4.40 Å². The highest BCUT2D eigenvalue weighted by molar-refractivity contribution is 5.75. The number of pyridine rings is 1. The third-order valence-corrected chi connectivity index (χ3v) is 3.66. The van der Waals surface area contributed by atoms with Crippen LogP contribution in [0.15, 0.2) is 42.6 Å². The van der Waals surface area contributed by atoms with Crippen molar-refractivity contribution < 1.29 is 9.13 Å². The summed E-state index contributed by atoms with van der Waals surface area (Å²) in [4.78, 5) is 4.65. The van der Waals surface area contributed by atoms with Gasteiger partial charge in [0.15, 0.2) is 0 Å². The highest BCUT2D eigenvalue weighted by Crippen LogP contribution is 2.44. The smallest absolute Gasteiger partial charge is 0.146 e. The number of aromatic nitrogens is 2. The van der Waals surface area contributed by atoms with Gasteiger partial charge >= 0.3 is 0 Å². The molecule has 0 unspecified atom stereocenters. The van der Waals surface area contributed by atoms with Crippen LogP contribution >= 0.6 is 0 Å². The lowest BCUT2D eigenvalue weighted by Gasteiger charge is -2.32. The summed E-state index contributed by atoms with van der Waals surface area (Å²) in [5.74, 6) is 0.529. The van der Waals surface area contributed by atoms with Crippen LogP contribution in [-0.2, 0) is 5.60 Å². The van der Waals surface area contributed by atoms with E-state index in [1.807, 2.05) is 38.1 Å². The molecule has 0 atom stereocenters. The van der Waals surface area contributed by atoms with E-state index < -0.39 is 5.60 Å². The van der Waals surface area contributed by atoms with Gasteiger partial charge < -0.3 is 4.74 Å². The molecule has 3 heterocycles. The maximum Gasteiger partial charge on any atom is 0.146 e. The highest BCUT2D eigenvalue weighted by Gasteiger charge is 2.36. The summed E-state index contributed by atoms with van der Waals surface area (Å²) in [6.45, 7) is 3.95. The van der Waals surface area contributed by atoms with Crippen molar-refractivity contribution in [2.45, 2.75) is 19.4 Å². The molecule has 0 spiro atoms. The summed E-state index contributed by atoms with van der Waals surface area (Å²) < 4.78 is 21.4. The molecule has 1 aliphatic rings. The van der Waals surface area contributed by atoms with E-state index in [0.29, 0.717) is 0 Å². The van der Waals surface area contributed by atoms with E-state index in [-0.39, 0.29) is 5.82 Å². The monoisotopic (exact) mass is 268 g/mol. The Bertz CT molecular complexity index is 836. The lowest BCUT2D eigenvalue weighted by molar-refractivity contribution is 0.0995. The molecule has 100 valence electrons. The van der Waals surface area contributed by atoms with Crippen LogP contribution in [0.4, 0.5) is 4.39 Å². The summed E-state index contributed by atoms with van der Waals surface area (Å²) in [5, 5.41) is 0. The van der Waals surface area contributed by atoms with Crippen LogP contribution in [0.5, 0.6) is 5.75 Å². The third-order valence-electron chi connectivity index (χ3n) is 3.66. The molecule has 0 N–H and O–H groups in total. The molecule has 20 heavy (non-hydrogen) atoms. The second kappa shape index (κ2) is 3.60. The third kappa shape index (κ3) is 1.42. The number of hydrogen-bond donors (Lipinski definition) is 0. The molecular weight excluding hydrogens is 255 g/mol. The minimum absolute atomic E-state index is 0.285. The Labute approximate surface area is 115 Å². The fraction of sp³-hybridized carbons (Fsp3) is 0.188. The van der Waals surface area contributed by atoms with Crippen LogP contribution in [0, 0.1) is 5.82 Å². The zero-order valence-corrected chi connectivity index (χ0v) is 11.2. The second-order valence-electron chi connectivity index (χ2n) is 5.49. The first-order valence-corrected chi connectivity index (χ1v) is 6.53. The van der Waals surface area contributed by atoms with Crippen molar-refractivity contribution >= 4 is 5.65 Å². The minimum atomic E-state index is -0.559. The van der Waals surface area contributed by atoms with Crippen LogP contribution in [0.25, 0.3) is 16.9 Å². The Kier molecular flexibility index (Phi) is 2.06. The SMILES string of the molecule is CC1(C)Oc2ccccc2-c2nc3ccc(F)cn3c21. The zero-order valence-electron chi connectivity index (χ0n) is 11.2. The fourth-order valence-corrected chi connectivity index (χ4v) is 2.86. The second-order valence-corrected chi connectivity index (χ2v) is 5.49. The number of halogens is 1. The molecule has 4 heteroatoms. The van der Waals surface area contributed by atoms with E-state index in [0.717, 1.165) is 28.3 Å². The van der Waals surface area contributed by atoms with Gasteiger partial charge in [-0.25, -0.2) is 9.37 Å². The van der Waals surface area contributed by atoms with Crippen molar-refractivity contribution in [2.24, 2.45) is 0 Å². The number of rotatable bonds is 0. The summed E-state index contributed by atoms with van der Waals surface area (Å²) >= 11 is 0. The van der Waals surface area contributed by atoms with E-state index in [4.69, 9.17) is 4.74 Å². The predicted molar refractivity (Wildman–Crippen MR) is 74.2 cm³/mol. The Morgan fingerprint density at radius 2 is 1.95 bits per heavy atom. The van der Waals surface area contributed by atoms with Crippen LogP contribution in [0.2, 0.25) is 0 Å². The Morgan fingerprint density at radius 3 is 2.80 bits per heavy atom. The fourth-order valence-electron chi connectivity index (χ4n) is 2.86. The lowest BCUT2D eigenvalue weighted by atomic mass is 9.95. The number of imidazole rings is 1. The summed E-state index contributed by atoms with van der Waals surface area (Å²) in [6, 6.07) is 10.9. The summed E-state index contributed by atoms with van der Waals surface area (Å²) in [5.41, 5.74) is 2.86. The zero-order chi connectivity index (χ0) is 13.9. The first-order valence-electron chi connectivity index (χ1n) is 6.53. The molecule has 0 radical (unpaired) electrons. The van der Waals surface area contributed by atoms with Crippen molar-refractivity contribution in [1.29, 1.82) is 0 Å². The maximum absolute atomic E-state index is 13.5. The summed E-state index contributed by atoms with van der Waals surface area (Å²) in [6.07, 6.45) is 1.46. The van der Waals surface area contributed by atoms with E-state index in [1.165, 1.54) is 12.3 Å². The quantitative estimate of drug-likeness (QED) is 0.620. The number of ether oxygens (including phenoxy) is 1. The summed E-state index contributed by atoms with van der Waals surface area (Å²) in [7, 11) is 0. The molecule has 1 aromatic carbocycles. The number of nitrogens with zero attached hydrogens (tertiary/aromatic N) is 2. The number of fused-ring (bicyclic) bond motifs is 5. The van der Waals surface area contributed by atoms with Crippen molar-refractivity contribution in [3.8, 4) is 17.0 Å². The van der Waals surface area contributed by atoms with Crippen LogP contribution in [0.1, 0.15) is 19.5 Å². The minimum Gasteiger partial charge on any atom is -0.481 e. The largest absolute Gasteiger partial charge is 0.481 e. The van der Waals surface area contributed by atoms with E-state index in [9.17, 15) is 4.39 Å². The molecule has 0 saturated heterocycles. The standard InChI is InChI=1S/C16H13FN2O/c1-16(2)15-14(11-5-3-4-6-12(11)20-16)18-13-8-7-10(17)9-19(13)15/h3-9H,1-2H3. The maximum atomic E-state index is 13.5. The lowest BCUT2D eigenvalue weighted by Crippen LogP contribution is -2.30. The van der Waals surface area contributed by atoms with Gasteiger partial charge in [-0.05, 0) is 38.1 Å². The number of hydrogen-bond acceptors (Lipinski definition) is 2. The molecule has 3 aromatic rings. The van der Waals surface area contributed by atoms with Crippen LogP contribution < -0.4 is 4.74 Å². The van der Waals surface area contributed by atoms with Crippen LogP contribution in [-0.4, -0.2) is 9.38 Å². The number of benzene rings is 1. The topological polar surface area (TPSA) is 26.5 Å². The Hall–Kier alpha value is -2.36. The first-order chi connectivity index (χ1) is 9.56. The van der Waals surface area contributed by atoms with Crippen LogP contribution in [0.3, 0.4) is 0 Å². The number of para-hydroxylation sites is 1. The van der Waals surface area contributed by atoms with Gasteiger partial charge in [-0.2, -0.15) is 0 Å². The molecule has 0 fully saturated rings. The van der Waals surface area contributed by atoms with Gasteiger partial charge in [-0.15, -0.1) is 0 Å². The van der Waals surface area contributed by atoms with E-state index in [1.54, 1.807) is 10.5 Å². The van der Waals surface area contributed by atoms with Gasteiger partial charge in [-0.1, -0.05) is 12.1 Å². The van der Waals surface area contributed by atoms with Gasteiger partial charge in [0.2, 0.25) is 0 Å². The molecule has 0 saturated carbocycles. The van der Waals surface area contributed by atoms with E-state index in [2.05, 4.69) is 4.98 Å². The van der Waals surface area contributed by atoms with Gasteiger partial charge in [0.05, 0.1) is 5.69 Å². The van der Waals surface area contributed by atoms with Gasteiger partial charge in [0, 0.05) is 11.8 Å². The molecule has 0 aliphatic carbocycles. The van der Waals surface area contributed by atoms with Gasteiger partial charge in [0.25, 0.3) is 0 Å². The molecule has 0 amide bonds. The van der Waals surface area contributed by atoms with Gasteiger partial charge in [0.1, 0.15) is 28.5 Å². The van der Waals surface area contributed by atoms with Crippen molar-refractivity contribution in [3.63, 3.8) is 0 Å². The molecular formula is C16H13FN2O. The molecule has 1 aliphatic heterocycles. The average molecular weight is 268 g/mol. The predicted octanol–water partition coefficient (Wildman–Crippen LogP) is 3.77. The first kappa shape index (κ1) is 11.5.